The second-order valence-corrected chi connectivity index (χ2v) is 3.86. The number of rotatable bonds is 0. The molecule has 0 fully saturated rings. The molecule has 2 aromatic rings. The van der Waals surface area contributed by atoms with Gasteiger partial charge in [-0.1, -0.05) is 18.2 Å². The van der Waals surface area contributed by atoms with E-state index in [1.54, 1.807) is 18.2 Å². The highest BCUT2D eigenvalue weighted by atomic mass is 16.3. The number of benzene rings is 2. The Balaban J connectivity index is 2.49. The summed E-state index contributed by atoms with van der Waals surface area (Å²) in [4.78, 5) is 0. The number of hydrogen-bond donors (Lipinski definition) is 2. The minimum atomic E-state index is 0.237. The lowest BCUT2D eigenvalue weighted by atomic mass is 9.92. The summed E-state index contributed by atoms with van der Waals surface area (Å²) >= 11 is 0. The van der Waals surface area contributed by atoms with Crippen LogP contribution in [0.5, 0.6) is 5.75 Å². The largest absolute Gasteiger partial charge is 0.512 e. The third kappa shape index (κ3) is 1.18. The maximum Gasteiger partial charge on any atom is 0.116 e. The number of hydrogen-bond acceptors (Lipinski definition) is 2. The summed E-state index contributed by atoms with van der Waals surface area (Å²) in [7, 11) is 0. The van der Waals surface area contributed by atoms with Crippen molar-refractivity contribution < 1.29 is 10.2 Å². The zero-order chi connectivity index (χ0) is 10.4. The molecule has 0 amide bonds. The lowest BCUT2D eigenvalue weighted by Gasteiger charge is -2.14. The molecule has 0 saturated carbocycles. The van der Waals surface area contributed by atoms with Crippen molar-refractivity contribution in [3.05, 3.63) is 47.2 Å². The fourth-order valence-corrected chi connectivity index (χ4v) is 2.21. The molecule has 2 nitrogen and oxygen atoms in total. The Morgan fingerprint density at radius 1 is 1.07 bits per heavy atom. The maximum atomic E-state index is 9.58. The quantitative estimate of drug-likeness (QED) is 0.683. The molecule has 1 aliphatic rings. The average molecular weight is 198 g/mol. The zero-order valence-corrected chi connectivity index (χ0v) is 8.07. The van der Waals surface area contributed by atoms with Crippen LogP contribution in [0.2, 0.25) is 0 Å². The van der Waals surface area contributed by atoms with Crippen LogP contribution in [-0.2, 0) is 6.42 Å². The summed E-state index contributed by atoms with van der Waals surface area (Å²) in [5.41, 5.74) is 2.01. The standard InChI is InChI=1S/C13H10O2/c14-11-4-8-2-1-3-9-5-12(15)7-10(6-11)13(8)9/h1-4,6-7,14-15H,5H2. The van der Waals surface area contributed by atoms with Crippen molar-refractivity contribution in [2.75, 3.05) is 0 Å². The molecule has 74 valence electrons. The van der Waals surface area contributed by atoms with Gasteiger partial charge in [-0.05, 0) is 40.1 Å². The molecule has 0 aliphatic heterocycles. The monoisotopic (exact) mass is 198 g/mol. The van der Waals surface area contributed by atoms with E-state index >= 15 is 0 Å². The molecule has 2 heteroatoms. The molecule has 0 spiro atoms. The number of phenolic OH excluding ortho intramolecular Hbond substituents is 1. The van der Waals surface area contributed by atoms with Crippen LogP contribution in [0.25, 0.3) is 16.8 Å². The number of aliphatic hydroxyl groups excluding tert-OH is 1. The van der Waals surface area contributed by atoms with Crippen LogP contribution in [0.4, 0.5) is 0 Å². The van der Waals surface area contributed by atoms with Crippen LogP contribution in [0, 0.1) is 0 Å². The first-order valence-electron chi connectivity index (χ1n) is 4.88. The van der Waals surface area contributed by atoms with Gasteiger partial charge in [0, 0.05) is 6.42 Å². The van der Waals surface area contributed by atoms with Gasteiger partial charge in [-0.25, -0.2) is 0 Å². The molecule has 1 aliphatic carbocycles. The van der Waals surface area contributed by atoms with Crippen LogP contribution in [0.15, 0.2) is 36.1 Å². The molecule has 2 aromatic carbocycles. The smallest absolute Gasteiger partial charge is 0.116 e. The average Bonchev–Trinajstić information content (AvgIpc) is 2.16. The lowest BCUT2D eigenvalue weighted by Crippen LogP contribution is -1.98. The van der Waals surface area contributed by atoms with E-state index in [-0.39, 0.29) is 5.75 Å². The van der Waals surface area contributed by atoms with Crippen LogP contribution in [0.3, 0.4) is 0 Å². The van der Waals surface area contributed by atoms with Crippen molar-refractivity contribution in [3.63, 3.8) is 0 Å². The Hall–Kier alpha value is -1.96. The van der Waals surface area contributed by atoms with E-state index in [2.05, 4.69) is 0 Å². The SMILES string of the molecule is OC1=Cc2cc(O)cc3cccc(c23)C1. The van der Waals surface area contributed by atoms with Crippen LogP contribution >= 0.6 is 0 Å². The molecule has 2 N–H and O–H groups in total. The van der Waals surface area contributed by atoms with Crippen LogP contribution < -0.4 is 0 Å². The maximum absolute atomic E-state index is 9.58. The lowest BCUT2D eigenvalue weighted by molar-refractivity contribution is 0.404. The third-order valence-electron chi connectivity index (χ3n) is 2.77. The van der Waals surface area contributed by atoms with Crippen molar-refractivity contribution in [1.29, 1.82) is 0 Å². The van der Waals surface area contributed by atoms with E-state index in [1.165, 1.54) is 0 Å². The number of aromatic hydroxyl groups is 1. The Labute approximate surface area is 87.1 Å². The predicted molar refractivity (Wildman–Crippen MR) is 59.9 cm³/mol. The summed E-state index contributed by atoms with van der Waals surface area (Å²) in [5, 5.41) is 21.3. The van der Waals surface area contributed by atoms with Gasteiger partial charge in [-0.3, -0.25) is 0 Å². The summed E-state index contributed by atoms with van der Waals surface area (Å²) in [6, 6.07) is 9.35. The highest BCUT2D eigenvalue weighted by Crippen LogP contribution is 2.33. The minimum Gasteiger partial charge on any atom is -0.512 e. The van der Waals surface area contributed by atoms with Gasteiger partial charge in [0.05, 0.1) is 5.76 Å². The second-order valence-electron chi connectivity index (χ2n) is 3.86. The van der Waals surface area contributed by atoms with Gasteiger partial charge in [-0.2, -0.15) is 0 Å². The van der Waals surface area contributed by atoms with Crippen molar-refractivity contribution in [2.45, 2.75) is 6.42 Å². The first kappa shape index (κ1) is 8.36. The topological polar surface area (TPSA) is 40.5 Å². The Bertz CT molecular complexity index is 582. The molecule has 0 unspecified atom stereocenters. The molecule has 0 atom stereocenters. The van der Waals surface area contributed by atoms with Crippen molar-refractivity contribution in [1.82, 2.24) is 0 Å². The van der Waals surface area contributed by atoms with E-state index in [4.69, 9.17) is 0 Å². The summed E-state index contributed by atoms with van der Waals surface area (Å²) in [6.45, 7) is 0. The fraction of sp³-hybridized carbons (Fsp3) is 0.0769. The Kier molecular flexibility index (Phi) is 1.54. The highest BCUT2D eigenvalue weighted by Gasteiger charge is 2.13. The van der Waals surface area contributed by atoms with Gasteiger partial charge >= 0.3 is 0 Å². The molecule has 0 radical (unpaired) electrons. The molecular weight excluding hydrogens is 188 g/mol. The zero-order valence-electron chi connectivity index (χ0n) is 8.07. The molecule has 0 heterocycles. The fourth-order valence-electron chi connectivity index (χ4n) is 2.21. The molecular formula is C13H10O2. The first-order chi connectivity index (χ1) is 7.24. The highest BCUT2D eigenvalue weighted by molar-refractivity contribution is 5.96. The molecule has 3 rings (SSSR count). The number of allylic oxidation sites excluding steroid dienone is 1. The Morgan fingerprint density at radius 3 is 2.80 bits per heavy atom. The van der Waals surface area contributed by atoms with E-state index < -0.39 is 0 Å². The summed E-state index contributed by atoms with van der Waals surface area (Å²) in [6.07, 6.45) is 2.30. The van der Waals surface area contributed by atoms with Gasteiger partial charge in [-0.15, -0.1) is 0 Å². The summed E-state index contributed by atoms with van der Waals surface area (Å²) in [5.74, 6) is 0.584. The van der Waals surface area contributed by atoms with Crippen molar-refractivity contribution in [2.24, 2.45) is 0 Å². The van der Waals surface area contributed by atoms with E-state index in [0.717, 1.165) is 21.9 Å². The summed E-state index contributed by atoms with van der Waals surface area (Å²) < 4.78 is 0. The van der Waals surface area contributed by atoms with Gasteiger partial charge in [0.25, 0.3) is 0 Å². The van der Waals surface area contributed by atoms with Gasteiger partial charge < -0.3 is 10.2 Å². The molecule has 0 saturated heterocycles. The first-order valence-corrected chi connectivity index (χ1v) is 4.88. The van der Waals surface area contributed by atoms with E-state index in [9.17, 15) is 10.2 Å². The van der Waals surface area contributed by atoms with E-state index in [0.29, 0.717) is 12.2 Å². The van der Waals surface area contributed by atoms with E-state index in [1.807, 2.05) is 18.2 Å². The molecule has 15 heavy (non-hydrogen) atoms. The van der Waals surface area contributed by atoms with Crippen molar-refractivity contribution in [3.8, 4) is 5.75 Å². The second kappa shape index (κ2) is 2.76. The van der Waals surface area contributed by atoms with Crippen LogP contribution in [0.1, 0.15) is 11.1 Å². The molecule has 0 bridgehead atoms. The number of phenols is 1. The van der Waals surface area contributed by atoms with Crippen LogP contribution in [-0.4, -0.2) is 10.2 Å². The minimum absolute atomic E-state index is 0.237. The number of aliphatic hydroxyl groups is 1. The normalized spacial score (nSPS) is 14.0. The van der Waals surface area contributed by atoms with Gasteiger partial charge in [0.1, 0.15) is 5.75 Å². The Morgan fingerprint density at radius 2 is 1.93 bits per heavy atom. The third-order valence-corrected chi connectivity index (χ3v) is 2.77. The van der Waals surface area contributed by atoms with Gasteiger partial charge in [0.15, 0.2) is 0 Å². The van der Waals surface area contributed by atoms with Crippen molar-refractivity contribution >= 4 is 16.8 Å². The molecule has 0 aromatic heterocycles. The van der Waals surface area contributed by atoms with Gasteiger partial charge in [0.2, 0.25) is 0 Å². The predicted octanol–water partition coefficient (Wildman–Crippen LogP) is 3.00.